The standard InChI is InChI=1S/2C21H21F2N7.2C20H19F3N8/c2*1-13-15(4-6-24-13)14-3-2-8-29(11-14)18-5-7-25-21(28-18)17-9-27-19-10-26-16(20(22)23)12-30(17)19;2*1-12-14(7-27-29-12)13-3-2-6-30(10-13)17-4-5-24-19(28-17)15-8-26-18-9-25-16(11-31(15)18)20(21,22)23/h2*4-5,7,9-10,12,14,20H,2-3,6,8,11H2,1H3;2*4-5,7-9,11,13H,2-3,6,10H2,1H3,(H,27,29). The van der Waals surface area contributed by atoms with Gasteiger partial charge < -0.3 is 19.6 Å². The summed E-state index contributed by atoms with van der Waals surface area (Å²) < 4.78 is 137. The van der Waals surface area contributed by atoms with Gasteiger partial charge in [0.15, 0.2) is 57.3 Å². The minimum absolute atomic E-state index is 0.297. The number of rotatable bonds is 14. The molecule has 14 aromatic heterocycles. The molecule has 0 aromatic carbocycles. The fourth-order valence-corrected chi connectivity index (χ4v) is 16.6. The van der Waals surface area contributed by atoms with Crippen LogP contribution in [0.5, 0.6) is 0 Å². The first-order valence-corrected chi connectivity index (χ1v) is 39.8. The van der Waals surface area contributed by atoms with Crippen molar-refractivity contribution < 1.29 is 43.9 Å². The average molecular weight is 1680 g/mol. The van der Waals surface area contributed by atoms with E-state index in [9.17, 15) is 43.9 Å². The van der Waals surface area contributed by atoms with Crippen LogP contribution in [0.4, 0.5) is 67.2 Å². The number of nitrogens with one attached hydrogen (secondary N) is 2. The second-order valence-electron chi connectivity index (χ2n) is 30.4. The number of hydrogen-bond donors (Lipinski definition) is 2. The van der Waals surface area contributed by atoms with Gasteiger partial charge >= 0.3 is 12.4 Å². The molecule has 0 saturated carbocycles. The number of imidazole rings is 4. The molecule has 6 aliphatic heterocycles. The molecule has 122 heavy (non-hydrogen) atoms. The molecule has 14 aromatic rings. The zero-order valence-electron chi connectivity index (χ0n) is 66.4. The van der Waals surface area contributed by atoms with Crippen LogP contribution < -0.4 is 19.6 Å². The number of anilines is 4. The summed E-state index contributed by atoms with van der Waals surface area (Å²) in [6.45, 7) is 16.6. The monoisotopic (exact) mass is 1670 g/mol. The van der Waals surface area contributed by atoms with E-state index in [-0.39, 0.29) is 11.4 Å². The van der Waals surface area contributed by atoms with Gasteiger partial charge in [0, 0.05) is 148 Å². The molecule has 20 heterocycles. The number of aromatic amines is 2. The van der Waals surface area contributed by atoms with Crippen LogP contribution >= 0.6 is 0 Å². The predicted octanol–water partition coefficient (Wildman–Crippen LogP) is 14.7. The lowest BCUT2D eigenvalue weighted by Crippen LogP contribution is -2.37. The topological polar surface area (TPSA) is 319 Å². The summed E-state index contributed by atoms with van der Waals surface area (Å²) in [6, 6.07) is 7.43. The Morgan fingerprint density at radius 1 is 0.361 bits per heavy atom. The number of fused-ring (bicyclic) bond motifs is 4. The molecule has 4 saturated heterocycles. The van der Waals surface area contributed by atoms with E-state index < -0.39 is 36.6 Å². The van der Waals surface area contributed by atoms with Crippen molar-refractivity contribution in [2.24, 2.45) is 21.8 Å². The molecule has 0 radical (unpaired) electrons. The highest BCUT2D eigenvalue weighted by molar-refractivity contribution is 6.01. The van der Waals surface area contributed by atoms with Gasteiger partial charge in [-0.2, -0.15) is 36.5 Å². The van der Waals surface area contributed by atoms with E-state index in [1.165, 1.54) is 68.3 Å². The highest BCUT2D eigenvalue weighted by atomic mass is 19.4. The first kappa shape index (κ1) is 80.9. The number of aromatic nitrogens is 24. The number of piperidine rings is 4. The van der Waals surface area contributed by atoms with Crippen molar-refractivity contribution in [3.05, 3.63) is 204 Å². The predicted molar refractivity (Wildman–Crippen MR) is 433 cm³/mol. The number of H-pyrrole nitrogens is 2. The molecule has 30 nitrogen and oxygen atoms in total. The van der Waals surface area contributed by atoms with Crippen molar-refractivity contribution in [2.75, 3.05) is 85.0 Å². The fraction of sp³-hybridized carbons (Fsp3) is 0.366. The molecule has 0 bridgehead atoms. The largest absolute Gasteiger partial charge is 0.434 e. The summed E-state index contributed by atoms with van der Waals surface area (Å²) in [7, 11) is 0. The third kappa shape index (κ3) is 17.2. The van der Waals surface area contributed by atoms with Crippen LogP contribution in [0.2, 0.25) is 0 Å². The number of alkyl halides is 10. The van der Waals surface area contributed by atoms with E-state index in [0.29, 0.717) is 92.3 Å². The number of hydrogen-bond acceptors (Lipinski definition) is 24. The number of aliphatic imine (C=N–C) groups is 2. The van der Waals surface area contributed by atoms with E-state index in [1.807, 2.05) is 50.5 Å². The first-order valence-electron chi connectivity index (χ1n) is 39.8. The Balaban J connectivity index is 0.000000116. The maximum atomic E-state index is 13.1. The summed E-state index contributed by atoms with van der Waals surface area (Å²) in [5.74, 6) is 6.20. The van der Waals surface area contributed by atoms with E-state index >= 15 is 0 Å². The van der Waals surface area contributed by atoms with E-state index in [2.05, 4.69) is 146 Å². The molecule has 0 amide bonds. The maximum absolute atomic E-state index is 13.1. The Morgan fingerprint density at radius 3 is 0.951 bits per heavy atom. The lowest BCUT2D eigenvalue weighted by atomic mass is 9.88. The van der Waals surface area contributed by atoms with Gasteiger partial charge in [-0.3, -0.25) is 37.8 Å². The van der Waals surface area contributed by atoms with E-state index in [4.69, 9.17) is 9.97 Å². The quantitative estimate of drug-likeness (QED) is 0.0955. The van der Waals surface area contributed by atoms with E-state index in [1.54, 1.807) is 46.0 Å². The second-order valence-corrected chi connectivity index (χ2v) is 30.4. The van der Waals surface area contributed by atoms with Crippen molar-refractivity contribution >= 4 is 57.3 Å². The molecule has 4 fully saturated rings. The minimum atomic E-state index is -4.55. The van der Waals surface area contributed by atoms with Crippen molar-refractivity contribution in [2.45, 2.75) is 116 Å². The van der Waals surface area contributed by atoms with Crippen LogP contribution in [0.3, 0.4) is 0 Å². The smallest absolute Gasteiger partial charge is 0.356 e. The average Bonchev–Trinajstić information content (AvgIpc) is 1.59. The van der Waals surface area contributed by atoms with Crippen LogP contribution in [0.15, 0.2) is 169 Å². The third-order valence-electron chi connectivity index (χ3n) is 22.7. The molecule has 628 valence electrons. The lowest BCUT2D eigenvalue weighted by molar-refractivity contribution is -0.142. The molecule has 6 aliphatic rings. The summed E-state index contributed by atoms with van der Waals surface area (Å²) in [5, 5.41) is 14.2. The molecule has 2 N–H and O–H groups in total. The number of aryl methyl sites for hydroxylation is 2. The molecule has 40 heteroatoms. The fourth-order valence-electron chi connectivity index (χ4n) is 16.6. The third-order valence-corrected chi connectivity index (χ3v) is 22.7. The van der Waals surface area contributed by atoms with Crippen LogP contribution in [-0.4, -0.2) is 195 Å². The van der Waals surface area contributed by atoms with Gasteiger partial charge in [-0.25, -0.2) is 97.3 Å². The summed E-state index contributed by atoms with van der Waals surface area (Å²) in [4.78, 5) is 85.2. The normalized spacial score (nSPS) is 18.4. The summed E-state index contributed by atoms with van der Waals surface area (Å²) in [6.07, 6.45) is 24.4. The minimum Gasteiger partial charge on any atom is -0.356 e. The molecular formula is C82H80F10N30. The molecule has 4 atom stereocenters. The van der Waals surface area contributed by atoms with Crippen molar-refractivity contribution in [1.82, 2.24) is 118 Å². The summed E-state index contributed by atoms with van der Waals surface area (Å²) in [5.41, 5.74) is 10.3. The van der Waals surface area contributed by atoms with Crippen molar-refractivity contribution in [3.63, 3.8) is 0 Å². The number of nitrogens with zero attached hydrogens (tertiary/aromatic N) is 28. The Morgan fingerprint density at radius 2 is 0.664 bits per heavy atom. The lowest BCUT2D eigenvalue weighted by Gasteiger charge is -2.34. The van der Waals surface area contributed by atoms with Gasteiger partial charge in [-0.05, 0) is 126 Å². The van der Waals surface area contributed by atoms with E-state index in [0.717, 1.165) is 188 Å². The van der Waals surface area contributed by atoms with Crippen molar-refractivity contribution in [3.8, 4) is 46.1 Å². The van der Waals surface area contributed by atoms with Gasteiger partial charge in [0.25, 0.3) is 12.9 Å². The van der Waals surface area contributed by atoms with Crippen LogP contribution in [0.1, 0.15) is 135 Å². The van der Waals surface area contributed by atoms with Gasteiger partial charge in [-0.1, -0.05) is 12.2 Å². The Labute approximate surface area is 689 Å². The van der Waals surface area contributed by atoms with Gasteiger partial charge in [-0.15, -0.1) is 0 Å². The molecule has 0 spiro atoms. The molecule has 4 unspecified atom stereocenters. The van der Waals surface area contributed by atoms with Crippen LogP contribution in [0.25, 0.3) is 68.7 Å². The highest BCUT2D eigenvalue weighted by Crippen LogP contribution is 2.38. The van der Waals surface area contributed by atoms with Crippen molar-refractivity contribution in [1.29, 1.82) is 0 Å². The molecular weight excluding hydrogens is 1600 g/mol. The van der Waals surface area contributed by atoms with Crippen LogP contribution in [0, 0.1) is 25.7 Å². The van der Waals surface area contributed by atoms with Gasteiger partial charge in [0.1, 0.15) is 57.4 Å². The molecule has 0 aliphatic carbocycles. The zero-order valence-corrected chi connectivity index (χ0v) is 66.4. The summed E-state index contributed by atoms with van der Waals surface area (Å²) >= 11 is 0. The Hall–Kier alpha value is -13.5. The van der Waals surface area contributed by atoms with Gasteiger partial charge in [0.05, 0.1) is 75.1 Å². The van der Waals surface area contributed by atoms with Crippen LogP contribution in [-0.2, 0) is 12.4 Å². The SMILES string of the molecule is CC1=NCC=C1C1CCCN(c2ccnc(-c3cnc4cnc(C(F)F)cn34)n2)C1.CC1=NCC=C1C1CCCN(c2ccnc(-c3cnc4cnc(C(F)F)cn34)n2)C1.Cc1[nH]ncc1C1CCCN(c2ccnc(-c3cnc4cnc(C(F)(F)F)cn34)n2)C1.Cc1[nH]ncc1C1CCCN(c2ccnc(-c3cnc4cnc(C(F)(F)F)cn34)n2)C1. The Kier molecular flexibility index (Phi) is 22.8. The van der Waals surface area contributed by atoms with Gasteiger partial charge in [0.2, 0.25) is 0 Å². The second kappa shape index (κ2) is 34.3. The molecule has 20 rings (SSSR count). The first-order chi connectivity index (χ1) is 59.0. The number of halogens is 10. The zero-order chi connectivity index (χ0) is 84.5. The Bertz CT molecular complexity index is 5880. The maximum Gasteiger partial charge on any atom is 0.434 e. The highest BCUT2D eigenvalue weighted by Gasteiger charge is 2.37.